The summed E-state index contributed by atoms with van der Waals surface area (Å²) in [6.45, 7) is 0. The quantitative estimate of drug-likeness (QED) is 0.813. The van der Waals surface area contributed by atoms with Crippen molar-refractivity contribution in [2.24, 2.45) is 0 Å². The van der Waals surface area contributed by atoms with Crippen molar-refractivity contribution >= 4 is 0 Å². The summed E-state index contributed by atoms with van der Waals surface area (Å²) in [6.07, 6.45) is 8.12. The van der Waals surface area contributed by atoms with Gasteiger partial charge in [-0.25, -0.2) is 0 Å². The van der Waals surface area contributed by atoms with E-state index in [1.807, 2.05) is 0 Å². The van der Waals surface area contributed by atoms with Crippen molar-refractivity contribution in [2.75, 3.05) is 0 Å². The summed E-state index contributed by atoms with van der Waals surface area (Å²) in [5.74, 6) is 1.31. The minimum Gasteiger partial charge on any atom is -0.310 e. The molecule has 2 fully saturated rings. The minimum absolute atomic E-state index is 0.586. The highest BCUT2D eigenvalue weighted by Gasteiger charge is 2.38. The van der Waals surface area contributed by atoms with Gasteiger partial charge in [-0.3, -0.25) is 0 Å². The summed E-state index contributed by atoms with van der Waals surface area (Å²) in [5, 5.41) is 4.07. The van der Waals surface area contributed by atoms with E-state index in [-0.39, 0.29) is 0 Å². The Morgan fingerprint density at radius 2 is 1.09 bits per heavy atom. The van der Waals surface area contributed by atoms with Gasteiger partial charge >= 0.3 is 0 Å². The zero-order valence-corrected chi connectivity index (χ0v) is 13.8. The highest BCUT2D eigenvalue weighted by molar-refractivity contribution is 5.30. The summed E-state index contributed by atoms with van der Waals surface area (Å²) in [4.78, 5) is 0. The maximum absolute atomic E-state index is 4.07. The maximum Gasteiger partial charge on any atom is 0.0207 e. The second-order valence-corrected chi connectivity index (χ2v) is 7.29. The molecule has 2 aliphatic rings. The van der Waals surface area contributed by atoms with Crippen LogP contribution in [0.15, 0.2) is 60.7 Å². The maximum atomic E-state index is 4.07. The highest BCUT2D eigenvalue weighted by Crippen LogP contribution is 2.44. The molecule has 120 valence electrons. The number of benzene rings is 2. The molecule has 0 heterocycles. The third-order valence-corrected chi connectivity index (χ3v) is 5.89. The van der Waals surface area contributed by atoms with E-state index in [0.717, 1.165) is 6.04 Å². The molecule has 1 nitrogen and oxygen atoms in total. The Morgan fingerprint density at radius 3 is 1.57 bits per heavy atom. The summed E-state index contributed by atoms with van der Waals surface area (Å²) in [6, 6.07) is 23.6. The summed E-state index contributed by atoms with van der Waals surface area (Å²) < 4.78 is 0. The first-order chi connectivity index (χ1) is 11.4. The van der Waals surface area contributed by atoms with E-state index in [2.05, 4.69) is 66.0 Å². The van der Waals surface area contributed by atoms with Crippen molar-refractivity contribution in [2.45, 2.75) is 62.4 Å². The highest BCUT2D eigenvalue weighted by atomic mass is 15.0. The topological polar surface area (TPSA) is 12.0 Å². The molecule has 0 radical (unpaired) electrons. The molecule has 0 aliphatic heterocycles. The molecule has 0 amide bonds. The van der Waals surface area contributed by atoms with Crippen LogP contribution >= 0.6 is 0 Å². The fourth-order valence-electron chi connectivity index (χ4n) is 4.74. The number of nitrogens with one attached hydrogen (secondary N) is 1. The smallest absolute Gasteiger partial charge is 0.0207 e. The van der Waals surface area contributed by atoms with E-state index in [1.165, 1.54) is 49.7 Å². The molecule has 0 bridgehead atoms. The average molecular weight is 305 g/mol. The van der Waals surface area contributed by atoms with Gasteiger partial charge in [-0.05, 0) is 48.6 Å². The number of rotatable bonds is 4. The van der Waals surface area contributed by atoms with Crippen LogP contribution in [0.3, 0.4) is 0 Å². The van der Waals surface area contributed by atoms with Crippen LogP contribution in [0.2, 0.25) is 0 Å². The van der Waals surface area contributed by atoms with E-state index in [0.29, 0.717) is 17.9 Å². The first kappa shape index (κ1) is 15.0. The SMILES string of the molecule is c1ccc([C@H]2CC[C@H](c3ccccc3)C2NC2CCCC2)cc1. The molecule has 2 atom stereocenters. The van der Waals surface area contributed by atoms with E-state index in [9.17, 15) is 0 Å². The van der Waals surface area contributed by atoms with Crippen molar-refractivity contribution in [1.29, 1.82) is 0 Å². The molecular weight excluding hydrogens is 278 g/mol. The van der Waals surface area contributed by atoms with Gasteiger partial charge in [0.05, 0.1) is 0 Å². The van der Waals surface area contributed by atoms with Crippen LogP contribution in [0, 0.1) is 0 Å². The van der Waals surface area contributed by atoms with Crippen LogP contribution in [0.25, 0.3) is 0 Å². The molecule has 2 saturated carbocycles. The van der Waals surface area contributed by atoms with E-state index < -0.39 is 0 Å². The van der Waals surface area contributed by atoms with Gasteiger partial charge in [0.25, 0.3) is 0 Å². The van der Waals surface area contributed by atoms with Gasteiger partial charge in [0.1, 0.15) is 0 Å². The molecule has 4 rings (SSSR count). The van der Waals surface area contributed by atoms with Crippen molar-refractivity contribution in [3.05, 3.63) is 71.8 Å². The Morgan fingerprint density at radius 1 is 0.609 bits per heavy atom. The first-order valence-corrected chi connectivity index (χ1v) is 9.28. The molecule has 0 spiro atoms. The Bertz CT molecular complexity index is 553. The zero-order chi connectivity index (χ0) is 15.5. The van der Waals surface area contributed by atoms with Gasteiger partial charge < -0.3 is 5.32 Å². The molecule has 2 aromatic carbocycles. The number of hydrogen-bond donors (Lipinski definition) is 1. The Hall–Kier alpha value is -1.60. The van der Waals surface area contributed by atoms with Crippen LogP contribution < -0.4 is 5.32 Å². The van der Waals surface area contributed by atoms with Crippen LogP contribution in [0.4, 0.5) is 0 Å². The minimum atomic E-state index is 0.586. The normalized spacial score (nSPS) is 25.9. The van der Waals surface area contributed by atoms with Gasteiger partial charge in [-0.1, -0.05) is 73.5 Å². The third kappa shape index (κ3) is 3.21. The van der Waals surface area contributed by atoms with Crippen molar-refractivity contribution in [1.82, 2.24) is 5.32 Å². The van der Waals surface area contributed by atoms with Crippen molar-refractivity contribution in [3.63, 3.8) is 0 Å². The van der Waals surface area contributed by atoms with E-state index in [1.54, 1.807) is 0 Å². The van der Waals surface area contributed by atoms with Crippen LogP contribution in [-0.4, -0.2) is 12.1 Å². The Balaban J connectivity index is 1.61. The Kier molecular flexibility index (Phi) is 4.48. The molecule has 1 N–H and O–H groups in total. The second kappa shape index (κ2) is 6.88. The fourth-order valence-corrected chi connectivity index (χ4v) is 4.74. The third-order valence-electron chi connectivity index (χ3n) is 5.89. The molecule has 0 saturated heterocycles. The van der Waals surface area contributed by atoms with Gasteiger partial charge in [-0.15, -0.1) is 0 Å². The first-order valence-electron chi connectivity index (χ1n) is 9.28. The summed E-state index contributed by atoms with van der Waals surface area (Å²) in [7, 11) is 0. The molecule has 2 aliphatic carbocycles. The van der Waals surface area contributed by atoms with Gasteiger partial charge in [0.15, 0.2) is 0 Å². The lowest BCUT2D eigenvalue weighted by Gasteiger charge is -2.30. The van der Waals surface area contributed by atoms with Gasteiger partial charge in [0.2, 0.25) is 0 Å². The predicted molar refractivity (Wildman–Crippen MR) is 96.8 cm³/mol. The lowest BCUT2D eigenvalue weighted by Crippen LogP contribution is -2.41. The fraction of sp³-hybridized carbons (Fsp3) is 0.455. The monoisotopic (exact) mass is 305 g/mol. The molecule has 0 unspecified atom stereocenters. The van der Waals surface area contributed by atoms with E-state index in [4.69, 9.17) is 0 Å². The summed E-state index contributed by atoms with van der Waals surface area (Å²) >= 11 is 0. The molecule has 1 heteroatoms. The predicted octanol–water partition coefficient (Wildman–Crippen LogP) is 5.25. The molecule has 2 aromatic rings. The lowest BCUT2D eigenvalue weighted by molar-refractivity contribution is 0.383. The van der Waals surface area contributed by atoms with Crippen molar-refractivity contribution in [3.8, 4) is 0 Å². The van der Waals surface area contributed by atoms with Crippen LogP contribution in [-0.2, 0) is 0 Å². The van der Waals surface area contributed by atoms with Gasteiger partial charge in [-0.2, -0.15) is 0 Å². The van der Waals surface area contributed by atoms with Crippen LogP contribution in [0.1, 0.15) is 61.5 Å². The van der Waals surface area contributed by atoms with Crippen LogP contribution in [0.5, 0.6) is 0 Å². The van der Waals surface area contributed by atoms with E-state index >= 15 is 0 Å². The zero-order valence-electron chi connectivity index (χ0n) is 13.8. The number of hydrogen-bond acceptors (Lipinski definition) is 1. The standard InChI is InChI=1S/C22H27N/c1-3-9-17(10-4-1)20-15-16-21(18-11-5-2-6-12-18)22(20)23-19-13-7-8-14-19/h1-6,9-12,19-23H,7-8,13-16H2/t20-,21-/m1/s1. The summed E-state index contributed by atoms with van der Waals surface area (Å²) in [5.41, 5.74) is 3.03. The lowest BCUT2D eigenvalue weighted by atomic mass is 9.87. The largest absolute Gasteiger partial charge is 0.310 e. The average Bonchev–Trinajstić information content (AvgIpc) is 3.27. The molecular formula is C22H27N. The van der Waals surface area contributed by atoms with Gasteiger partial charge in [0, 0.05) is 12.1 Å². The second-order valence-electron chi connectivity index (χ2n) is 7.29. The molecule has 0 aromatic heterocycles. The Labute approximate surface area is 140 Å². The molecule has 23 heavy (non-hydrogen) atoms. The van der Waals surface area contributed by atoms with Crippen molar-refractivity contribution < 1.29 is 0 Å².